The van der Waals surface area contributed by atoms with Crippen LogP contribution in [0.4, 0.5) is 5.13 Å². The van der Waals surface area contributed by atoms with Gasteiger partial charge in [-0.05, 0) is 49.7 Å². The third-order valence-electron chi connectivity index (χ3n) is 5.49. The van der Waals surface area contributed by atoms with Crippen molar-refractivity contribution in [3.8, 4) is 0 Å². The van der Waals surface area contributed by atoms with Gasteiger partial charge in [0.05, 0.1) is 26.9 Å². The summed E-state index contributed by atoms with van der Waals surface area (Å²) < 4.78 is 6.29. The number of amides is 1. The number of aliphatic hydroxyl groups is 1. The molecule has 0 aliphatic carbocycles. The number of aliphatic hydroxyl groups excluding tert-OH is 1. The molecule has 1 N–H and O–H groups in total. The van der Waals surface area contributed by atoms with E-state index >= 15 is 0 Å². The van der Waals surface area contributed by atoms with Crippen LogP contribution in [0.3, 0.4) is 0 Å². The molecule has 166 valence electrons. The number of anilines is 1. The number of aryl methyl sites for hydroxylation is 2. The molecule has 0 saturated heterocycles. The molecule has 4 aromatic rings. The van der Waals surface area contributed by atoms with Crippen molar-refractivity contribution in [1.82, 2.24) is 4.98 Å². The summed E-state index contributed by atoms with van der Waals surface area (Å²) in [5.74, 6) is -0.863. The smallest absolute Gasteiger partial charge is 0.296 e. The Kier molecular flexibility index (Phi) is 5.28. The van der Waals surface area contributed by atoms with Crippen LogP contribution in [0.15, 0.2) is 64.3 Å². The number of fused-ring (bicyclic) bond motifs is 1. The van der Waals surface area contributed by atoms with E-state index in [4.69, 9.17) is 27.6 Å². The van der Waals surface area contributed by atoms with E-state index < -0.39 is 23.5 Å². The maximum Gasteiger partial charge on any atom is 0.296 e. The highest BCUT2D eigenvalue weighted by Crippen LogP contribution is 2.45. The monoisotopic (exact) mass is 498 g/mol. The molecule has 1 unspecified atom stereocenters. The highest BCUT2D eigenvalue weighted by Gasteiger charge is 2.46. The second-order valence-corrected chi connectivity index (χ2v) is 9.48. The molecule has 0 radical (unpaired) electrons. The Morgan fingerprint density at radius 2 is 1.88 bits per heavy atom. The molecule has 1 atom stereocenters. The summed E-state index contributed by atoms with van der Waals surface area (Å²) in [5, 5.41) is 12.2. The Balaban J connectivity index is 1.70. The first kappa shape index (κ1) is 21.7. The van der Waals surface area contributed by atoms with E-state index in [2.05, 4.69) is 4.98 Å². The third-order valence-corrected chi connectivity index (χ3v) is 7.07. The molecule has 1 amide bonds. The molecule has 6 nitrogen and oxygen atoms in total. The van der Waals surface area contributed by atoms with E-state index in [1.807, 2.05) is 6.07 Å². The Bertz CT molecular complexity index is 1470. The fourth-order valence-electron chi connectivity index (χ4n) is 4.00. The lowest BCUT2D eigenvalue weighted by Gasteiger charge is -2.24. The minimum Gasteiger partial charge on any atom is -0.503 e. The van der Waals surface area contributed by atoms with Crippen LogP contribution in [-0.4, -0.2) is 21.8 Å². The van der Waals surface area contributed by atoms with Gasteiger partial charge in [0.1, 0.15) is 17.0 Å². The number of hydrogen-bond acceptors (Lipinski definition) is 6. The summed E-state index contributed by atoms with van der Waals surface area (Å²) in [6.45, 7) is 3.39. The van der Waals surface area contributed by atoms with Gasteiger partial charge in [-0.1, -0.05) is 52.7 Å². The van der Waals surface area contributed by atoms with E-state index in [0.29, 0.717) is 37.8 Å². The number of rotatable bonds is 4. The third kappa shape index (κ3) is 3.53. The standard InChI is InChI=1S/C24H16Cl2N2O4S/c1-11-10-15(12(2)32-11)21(29)18-20(13-6-8-14(25)9-7-13)28(23(31)22(18)30)24-27-19-16(26)4-3-5-17(19)33-24/h3-10,20,30H,1-2H3. The van der Waals surface area contributed by atoms with Crippen molar-refractivity contribution in [2.75, 3.05) is 4.90 Å². The van der Waals surface area contributed by atoms with Crippen molar-refractivity contribution in [2.45, 2.75) is 19.9 Å². The van der Waals surface area contributed by atoms with Crippen LogP contribution in [-0.2, 0) is 4.79 Å². The summed E-state index contributed by atoms with van der Waals surface area (Å²) in [4.78, 5) is 32.8. The molecule has 3 heterocycles. The average molecular weight is 499 g/mol. The minimum absolute atomic E-state index is 0.0448. The lowest BCUT2D eigenvalue weighted by atomic mass is 9.93. The molecular weight excluding hydrogens is 483 g/mol. The number of benzene rings is 2. The molecule has 0 spiro atoms. The zero-order valence-corrected chi connectivity index (χ0v) is 19.8. The topological polar surface area (TPSA) is 83.6 Å². The first-order valence-electron chi connectivity index (χ1n) is 9.95. The van der Waals surface area contributed by atoms with Gasteiger partial charge in [-0.25, -0.2) is 4.98 Å². The number of Topliss-reactive ketones (excluding diaryl/α,β-unsaturated/α-hetero) is 1. The fraction of sp³-hybridized carbons (Fsp3) is 0.125. The van der Waals surface area contributed by atoms with Crippen LogP contribution < -0.4 is 4.90 Å². The fourth-order valence-corrected chi connectivity index (χ4v) is 5.42. The van der Waals surface area contributed by atoms with Gasteiger partial charge in [-0.15, -0.1) is 0 Å². The summed E-state index contributed by atoms with van der Waals surface area (Å²) in [6, 6.07) is 12.8. The quantitative estimate of drug-likeness (QED) is 0.320. The van der Waals surface area contributed by atoms with Gasteiger partial charge >= 0.3 is 0 Å². The van der Waals surface area contributed by atoms with E-state index in [1.54, 1.807) is 56.3 Å². The molecule has 0 saturated carbocycles. The van der Waals surface area contributed by atoms with Crippen LogP contribution >= 0.6 is 34.5 Å². The lowest BCUT2D eigenvalue weighted by Crippen LogP contribution is -2.31. The number of nitrogens with zero attached hydrogens (tertiary/aromatic N) is 2. The highest BCUT2D eigenvalue weighted by molar-refractivity contribution is 7.22. The Labute approximate surface area is 202 Å². The number of carbonyl (C=O) groups excluding carboxylic acids is 2. The second kappa shape index (κ2) is 8.02. The molecule has 33 heavy (non-hydrogen) atoms. The van der Waals surface area contributed by atoms with Crippen molar-refractivity contribution >= 4 is 61.6 Å². The molecule has 9 heteroatoms. The number of ketones is 1. The van der Waals surface area contributed by atoms with Crippen molar-refractivity contribution < 1.29 is 19.1 Å². The Hall–Kier alpha value is -3.13. The first-order valence-corrected chi connectivity index (χ1v) is 11.5. The second-order valence-electron chi connectivity index (χ2n) is 7.63. The summed E-state index contributed by atoms with van der Waals surface area (Å²) in [6.07, 6.45) is 0. The first-order chi connectivity index (χ1) is 15.8. The van der Waals surface area contributed by atoms with Gasteiger partial charge in [-0.3, -0.25) is 14.5 Å². The van der Waals surface area contributed by atoms with Gasteiger partial charge in [0, 0.05) is 5.02 Å². The lowest BCUT2D eigenvalue weighted by molar-refractivity contribution is -0.117. The van der Waals surface area contributed by atoms with Gasteiger partial charge in [-0.2, -0.15) is 0 Å². The summed E-state index contributed by atoms with van der Waals surface area (Å²) in [7, 11) is 0. The minimum atomic E-state index is -0.906. The number of thiazole rings is 1. The molecular formula is C24H16Cl2N2O4S. The van der Waals surface area contributed by atoms with Crippen LogP contribution in [0.1, 0.15) is 33.5 Å². The predicted molar refractivity (Wildman–Crippen MR) is 128 cm³/mol. The largest absolute Gasteiger partial charge is 0.503 e. The van der Waals surface area contributed by atoms with E-state index in [9.17, 15) is 14.7 Å². The Morgan fingerprint density at radius 1 is 1.15 bits per heavy atom. The van der Waals surface area contributed by atoms with Crippen molar-refractivity contribution in [3.05, 3.63) is 92.6 Å². The van der Waals surface area contributed by atoms with Gasteiger partial charge in [0.15, 0.2) is 16.7 Å². The molecule has 0 bridgehead atoms. The SMILES string of the molecule is Cc1cc(C(=O)C2=C(O)C(=O)N(c3nc4c(Cl)cccc4s3)C2c2ccc(Cl)cc2)c(C)o1. The van der Waals surface area contributed by atoms with Crippen LogP contribution in [0.2, 0.25) is 10.0 Å². The molecule has 2 aromatic heterocycles. The van der Waals surface area contributed by atoms with E-state index in [1.165, 1.54) is 16.2 Å². The number of carbonyl (C=O) groups is 2. The van der Waals surface area contributed by atoms with Gasteiger partial charge in [0.25, 0.3) is 5.91 Å². The number of halogens is 2. The molecule has 1 aliphatic heterocycles. The maximum absolute atomic E-state index is 13.6. The van der Waals surface area contributed by atoms with Crippen molar-refractivity contribution in [2.24, 2.45) is 0 Å². The number of para-hydroxylation sites is 1. The van der Waals surface area contributed by atoms with Crippen LogP contribution in [0.5, 0.6) is 0 Å². The molecule has 2 aromatic carbocycles. The van der Waals surface area contributed by atoms with Crippen molar-refractivity contribution in [1.29, 1.82) is 0 Å². The van der Waals surface area contributed by atoms with E-state index in [0.717, 1.165) is 4.70 Å². The van der Waals surface area contributed by atoms with Crippen LogP contribution in [0.25, 0.3) is 10.2 Å². The van der Waals surface area contributed by atoms with Crippen LogP contribution in [0, 0.1) is 13.8 Å². The summed E-state index contributed by atoms with van der Waals surface area (Å²) >= 11 is 13.6. The summed E-state index contributed by atoms with van der Waals surface area (Å²) in [5.41, 5.74) is 1.39. The number of aromatic nitrogens is 1. The van der Waals surface area contributed by atoms with E-state index in [-0.39, 0.29) is 11.1 Å². The molecule has 1 aliphatic rings. The number of furan rings is 1. The molecule has 5 rings (SSSR count). The zero-order valence-electron chi connectivity index (χ0n) is 17.4. The number of hydrogen-bond donors (Lipinski definition) is 1. The van der Waals surface area contributed by atoms with Gasteiger partial charge < -0.3 is 9.52 Å². The average Bonchev–Trinajstić information content (AvgIpc) is 3.43. The maximum atomic E-state index is 13.6. The Morgan fingerprint density at radius 3 is 2.52 bits per heavy atom. The van der Waals surface area contributed by atoms with Gasteiger partial charge in [0.2, 0.25) is 0 Å². The highest BCUT2D eigenvalue weighted by atomic mass is 35.5. The van der Waals surface area contributed by atoms with Crippen molar-refractivity contribution in [3.63, 3.8) is 0 Å². The zero-order chi connectivity index (χ0) is 23.4. The normalized spacial score (nSPS) is 16.3. The molecule has 0 fully saturated rings. The predicted octanol–water partition coefficient (Wildman–Crippen LogP) is 6.60.